The Labute approximate surface area is 82.9 Å². The van der Waals surface area contributed by atoms with Crippen LogP contribution < -0.4 is 0 Å². The van der Waals surface area contributed by atoms with E-state index in [-0.39, 0.29) is 12.6 Å². The maximum absolute atomic E-state index is 10.6. The van der Waals surface area contributed by atoms with Crippen LogP contribution in [0.25, 0.3) is 0 Å². The SMILES string of the molecule is CC1N=CSC1CCOS(C)(=O)=O. The first-order valence-corrected chi connectivity index (χ1v) is 6.76. The van der Waals surface area contributed by atoms with Crippen molar-refractivity contribution in [2.75, 3.05) is 12.9 Å². The lowest BCUT2D eigenvalue weighted by Crippen LogP contribution is -2.17. The lowest BCUT2D eigenvalue weighted by Gasteiger charge is -2.11. The zero-order valence-electron chi connectivity index (χ0n) is 7.63. The van der Waals surface area contributed by atoms with Gasteiger partial charge in [0.05, 0.1) is 24.5 Å². The molecule has 4 nitrogen and oxygen atoms in total. The second kappa shape index (κ2) is 4.43. The van der Waals surface area contributed by atoms with E-state index >= 15 is 0 Å². The minimum absolute atomic E-state index is 0.254. The Bertz CT molecular complexity index is 286. The van der Waals surface area contributed by atoms with Gasteiger partial charge in [0.25, 0.3) is 10.1 Å². The van der Waals surface area contributed by atoms with Gasteiger partial charge in [-0.25, -0.2) is 0 Å². The third-order valence-corrected chi connectivity index (χ3v) is 3.59. The van der Waals surface area contributed by atoms with Crippen molar-refractivity contribution in [1.29, 1.82) is 0 Å². The van der Waals surface area contributed by atoms with Crippen molar-refractivity contribution in [2.45, 2.75) is 24.6 Å². The van der Waals surface area contributed by atoms with Gasteiger partial charge in [-0.05, 0) is 13.3 Å². The summed E-state index contributed by atoms with van der Waals surface area (Å²) in [5, 5.41) is 0.363. The summed E-state index contributed by atoms with van der Waals surface area (Å²) in [4.78, 5) is 4.17. The molecule has 1 rings (SSSR count). The van der Waals surface area contributed by atoms with Crippen molar-refractivity contribution >= 4 is 27.4 Å². The molecule has 0 aromatic rings. The molecule has 6 heteroatoms. The van der Waals surface area contributed by atoms with Gasteiger partial charge in [-0.15, -0.1) is 11.8 Å². The van der Waals surface area contributed by atoms with E-state index in [0.29, 0.717) is 5.25 Å². The van der Waals surface area contributed by atoms with Gasteiger partial charge in [-0.2, -0.15) is 8.42 Å². The van der Waals surface area contributed by atoms with Crippen molar-refractivity contribution in [2.24, 2.45) is 4.99 Å². The molecule has 0 saturated carbocycles. The molecule has 13 heavy (non-hydrogen) atoms. The molecule has 76 valence electrons. The van der Waals surface area contributed by atoms with Crippen LogP contribution >= 0.6 is 11.8 Å². The van der Waals surface area contributed by atoms with E-state index in [1.165, 1.54) is 0 Å². The molecule has 0 amide bonds. The van der Waals surface area contributed by atoms with E-state index in [1.54, 1.807) is 11.8 Å². The molecule has 2 atom stereocenters. The summed E-state index contributed by atoms with van der Waals surface area (Å²) in [7, 11) is -3.28. The van der Waals surface area contributed by atoms with Gasteiger partial charge in [-0.1, -0.05) is 0 Å². The fraction of sp³-hybridized carbons (Fsp3) is 0.857. The van der Waals surface area contributed by atoms with Crippen molar-refractivity contribution < 1.29 is 12.6 Å². The first-order valence-electron chi connectivity index (χ1n) is 4.00. The van der Waals surface area contributed by atoms with Crippen molar-refractivity contribution in [3.63, 3.8) is 0 Å². The average Bonchev–Trinajstić information content (AvgIpc) is 2.34. The Balaban J connectivity index is 2.21. The highest BCUT2D eigenvalue weighted by Gasteiger charge is 2.20. The van der Waals surface area contributed by atoms with Gasteiger partial charge in [0, 0.05) is 5.25 Å². The Morgan fingerprint density at radius 2 is 2.31 bits per heavy atom. The second-order valence-corrected chi connectivity index (χ2v) is 5.72. The number of hydrogen-bond acceptors (Lipinski definition) is 5. The Kier molecular flexibility index (Phi) is 3.75. The number of hydrogen-bond donors (Lipinski definition) is 0. The third kappa shape index (κ3) is 4.10. The average molecular weight is 223 g/mol. The first-order chi connectivity index (χ1) is 5.99. The molecule has 0 radical (unpaired) electrons. The van der Waals surface area contributed by atoms with Crippen LogP contribution in [0.1, 0.15) is 13.3 Å². The zero-order chi connectivity index (χ0) is 9.90. The van der Waals surface area contributed by atoms with E-state index in [0.717, 1.165) is 12.7 Å². The van der Waals surface area contributed by atoms with Crippen LogP contribution in [-0.2, 0) is 14.3 Å². The number of aliphatic imine (C=N–C) groups is 1. The normalized spacial score (nSPS) is 28.2. The molecule has 1 heterocycles. The maximum Gasteiger partial charge on any atom is 0.264 e. The highest BCUT2D eigenvalue weighted by atomic mass is 32.2. The topological polar surface area (TPSA) is 55.7 Å². The maximum atomic E-state index is 10.6. The number of rotatable bonds is 4. The summed E-state index contributed by atoms with van der Waals surface area (Å²) >= 11 is 1.63. The van der Waals surface area contributed by atoms with E-state index in [1.807, 2.05) is 12.5 Å². The van der Waals surface area contributed by atoms with E-state index < -0.39 is 10.1 Å². The molecule has 1 aliphatic rings. The minimum Gasteiger partial charge on any atom is -0.282 e. The molecular weight excluding hydrogens is 210 g/mol. The quantitative estimate of drug-likeness (QED) is 0.664. The Morgan fingerprint density at radius 3 is 2.77 bits per heavy atom. The number of thioether (sulfide) groups is 1. The monoisotopic (exact) mass is 223 g/mol. The lowest BCUT2D eigenvalue weighted by molar-refractivity contribution is 0.311. The molecule has 1 aliphatic heterocycles. The summed E-state index contributed by atoms with van der Waals surface area (Å²) in [6.45, 7) is 2.27. The largest absolute Gasteiger partial charge is 0.282 e. The van der Waals surface area contributed by atoms with Crippen molar-refractivity contribution in [3.8, 4) is 0 Å². The predicted octanol–water partition coefficient (Wildman–Crippen LogP) is 0.885. The molecule has 0 fully saturated rings. The highest BCUT2D eigenvalue weighted by Crippen LogP contribution is 2.24. The summed E-state index contributed by atoms with van der Waals surface area (Å²) in [5.74, 6) is 0. The summed E-state index contributed by atoms with van der Waals surface area (Å²) in [6, 6.07) is 0.271. The first kappa shape index (κ1) is 11.0. The second-order valence-electron chi connectivity index (χ2n) is 2.98. The van der Waals surface area contributed by atoms with Gasteiger partial charge in [0.2, 0.25) is 0 Å². The molecular formula is C7H13NO3S2. The highest BCUT2D eigenvalue weighted by molar-refractivity contribution is 8.12. The van der Waals surface area contributed by atoms with E-state index in [4.69, 9.17) is 0 Å². The van der Waals surface area contributed by atoms with Crippen LogP contribution in [0.4, 0.5) is 0 Å². The van der Waals surface area contributed by atoms with Gasteiger partial charge in [0.15, 0.2) is 0 Å². The van der Waals surface area contributed by atoms with E-state index in [9.17, 15) is 8.42 Å². The van der Waals surface area contributed by atoms with Crippen LogP contribution in [0, 0.1) is 0 Å². The van der Waals surface area contributed by atoms with E-state index in [2.05, 4.69) is 9.18 Å². The molecule has 0 aromatic heterocycles. The molecule has 2 unspecified atom stereocenters. The van der Waals surface area contributed by atoms with Gasteiger partial charge in [-0.3, -0.25) is 9.18 Å². The molecule has 0 spiro atoms. The number of nitrogens with zero attached hydrogens (tertiary/aromatic N) is 1. The summed E-state index contributed by atoms with van der Waals surface area (Å²) < 4.78 is 25.9. The lowest BCUT2D eigenvalue weighted by atomic mass is 10.2. The summed E-state index contributed by atoms with van der Waals surface area (Å²) in [6.07, 6.45) is 1.79. The standard InChI is InChI=1S/C7H13NO3S2/c1-6-7(12-5-8-6)3-4-11-13(2,9)10/h5-7H,3-4H2,1-2H3. The van der Waals surface area contributed by atoms with Crippen LogP contribution in [-0.4, -0.2) is 38.1 Å². The fourth-order valence-corrected chi connectivity index (χ4v) is 2.39. The predicted molar refractivity (Wildman–Crippen MR) is 54.7 cm³/mol. The van der Waals surface area contributed by atoms with Crippen LogP contribution in [0.2, 0.25) is 0 Å². The smallest absolute Gasteiger partial charge is 0.264 e. The third-order valence-electron chi connectivity index (χ3n) is 1.77. The Morgan fingerprint density at radius 1 is 1.62 bits per heavy atom. The van der Waals surface area contributed by atoms with Gasteiger partial charge < -0.3 is 0 Å². The molecule has 0 saturated heterocycles. The van der Waals surface area contributed by atoms with Crippen molar-refractivity contribution in [3.05, 3.63) is 0 Å². The molecule has 0 aliphatic carbocycles. The molecule has 0 N–H and O–H groups in total. The van der Waals surface area contributed by atoms with Gasteiger partial charge >= 0.3 is 0 Å². The zero-order valence-corrected chi connectivity index (χ0v) is 9.27. The Hall–Kier alpha value is -0.0700. The minimum atomic E-state index is -3.28. The summed E-state index contributed by atoms with van der Waals surface area (Å²) in [5.41, 5.74) is 1.82. The van der Waals surface area contributed by atoms with Gasteiger partial charge in [0.1, 0.15) is 0 Å². The van der Waals surface area contributed by atoms with Crippen LogP contribution in [0.3, 0.4) is 0 Å². The fourth-order valence-electron chi connectivity index (χ4n) is 1.04. The van der Waals surface area contributed by atoms with Crippen LogP contribution in [0.15, 0.2) is 4.99 Å². The van der Waals surface area contributed by atoms with Crippen molar-refractivity contribution in [1.82, 2.24) is 0 Å². The molecule has 0 aromatic carbocycles. The van der Waals surface area contributed by atoms with Crippen LogP contribution in [0.5, 0.6) is 0 Å². The molecule has 0 bridgehead atoms.